The Morgan fingerprint density at radius 3 is 2.39 bits per heavy atom. The van der Waals surface area contributed by atoms with Crippen molar-refractivity contribution >= 4 is 5.91 Å². The van der Waals surface area contributed by atoms with E-state index in [0.717, 1.165) is 4.90 Å². The molecule has 2 N–H and O–H groups in total. The van der Waals surface area contributed by atoms with Gasteiger partial charge in [-0.15, -0.1) is 0 Å². The van der Waals surface area contributed by atoms with Gasteiger partial charge in [-0.05, 0) is 5.56 Å². The van der Waals surface area contributed by atoms with Gasteiger partial charge in [0.2, 0.25) is 5.91 Å². The predicted molar refractivity (Wildman–Crippen MR) is 61.7 cm³/mol. The minimum atomic E-state index is -4.27. The minimum Gasteiger partial charge on any atom is -0.344 e. The first-order chi connectivity index (χ1) is 8.31. The third kappa shape index (κ3) is 4.37. The molecule has 1 atom stereocenters. The van der Waals surface area contributed by atoms with Crippen molar-refractivity contribution in [3.05, 3.63) is 35.9 Å². The summed E-state index contributed by atoms with van der Waals surface area (Å²) in [5.41, 5.74) is 6.29. The van der Waals surface area contributed by atoms with Crippen LogP contribution >= 0.6 is 0 Å². The van der Waals surface area contributed by atoms with Gasteiger partial charge in [-0.1, -0.05) is 30.3 Å². The van der Waals surface area contributed by atoms with Crippen molar-refractivity contribution in [1.82, 2.24) is 4.90 Å². The van der Waals surface area contributed by atoms with Crippen LogP contribution < -0.4 is 5.73 Å². The van der Waals surface area contributed by atoms with Crippen molar-refractivity contribution in [1.29, 1.82) is 0 Å². The fourth-order valence-corrected chi connectivity index (χ4v) is 1.45. The molecule has 0 heterocycles. The Hall–Kier alpha value is -1.56. The SMILES string of the molecule is CN(CCC(F)(F)F)C(=O)[C@H](N)c1ccccc1. The Labute approximate surface area is 103 Å². The molecular weight excluding hydrogens is 245 g/mol. The second-order valence-corrected chi connectivity index (χ2v) is 4.01. The molecule has 1 amide bonds. The number of hydrogen-bond donors (Lipinski definition) is 1. The second kappa shape index (κ2) is 5.86. The van der Waals surface area contributed by atoms with Gasteiger partial charge in [0.05, 0.1) is 6.42 Å². The molecule has 0 unspecified atom stereocenters. The predicted octanol–water partition coefficient (Wildman–Crippen LogP) is 2.10. The van der Waals surface area contributed by atoms with E-state index in [1.807, 2.05) is 0 Å². The lowest BCUT2D eigenvalue weighted by atomic mass is 10.1. The number of nitrogens with zero attached hydrogens (tertiary/aromatic N) is 1. The molecule has 0 radical (unpaired) electrons. The van der Waals surface area contributed by atoms with Gasteiger partial charge in [0.15, 0.2) is 0 Å². The lowest BCUT2D eigenvalue weighted by Gasteiger charge is -2.22. The second-order valence-electron chi connectivity index (χ2n) is 4.01. The van der Waals surface area contributed by atoms with Gasteiger partial charge >= 0.3 is 6.18 Å². The van der Waals surface area contributed by atoms with E-state index in [1.54, 1.807) is 30.3 Å². The first-order valence-corrected chi connectivity index (χ1v) is 5.43. The molecule has 0 saturated carbocycles. The van der Waals surface area contributed by atoms with E-state index in [0.29, 0.717) is 5.56 Å². The number of benzene rings is 1. The van der Waals surface area contributed by atoms with Crippen LogP contribution in [0.15, 0.2) is 30.3 Å². The van der Waals surface area contributed by atoms with Crippen molar-refractivity contribution in [2.75, 3.05) is 13.6 Å². The highest BCUT2D eigenvalue weighted by atomic mass is 19.4. The average molecular weight is 260 g/mol. The van der Waals surface area contributed by atoms with Crippen LogP contribution in [0.25, 0.3) is 0 Å². The first kappa shape index (κ1) is 14.5. The van der Waals surface area contributed by atoms with E-state index in [2.05, 4.69) is 0 Å². The summed E-state index contributed by atoms with van der Waals surface area (Å²) in [7, 11) is 1.32. The Morgan fingerprint density at radius 2 is 1.89 bits per heavy atom. The van der Waals surface area contributed by atoms with E-state index in [1.165, 1.54) is 7.05 Å². The largest absolute Gasteiger partial charge is 0.390 e. The molecule has 18 heavy (non-hydrogen) atoms. The fourth-order valence-electron chi connectivity index (χ4n) is 1.45. The van der Waals surface area contributed by atoms with E-state index in [9.17, 15) is 18.0 Å². The zero-order valence-corrected chi connectivity index (χ0v) is 9.95. The fraction of sp³-hybridized carbons (Fsp3) is 0.417. The smallest absolute Gasteiger partial charge is 0.344 e. The van der Waals surface area contributed by atoms with E-state index in [-0.39, 0.29) is 6.54 Å². The number of amides is 1. The molecule has 0 fully saturated rings. The maximum absolute atomic E-state index is 12.0. The number of hydrogen-bond acceptors (Lipinski definition) is 2. The molecule has 0 aliphatic rings. The Balaban J connectivity index is 2.59. The minimum absolute atomic E-state index is 0.386. The number of carbonyl (C=O) groups is 1. The molecule has 0 aliphatic carbocycles. The molecule has 6 heteroatoms. The Morgan fingerprint density at radius 1 is 1.33 bits per heavy atom. The zero-order valence-electron chi connectivity index (χ0n) is 9.95. The van der Waals surface area contributed by atoms with Crippen molar-refractivity contribution in [3.63, 3.8) is 0 Å². The molecular formula is C12H15F3N2O. The summed E-state index contributed by atoms with van der Waals surface area (Å²) in [6, 6.07) is 7.62. The van der Waals surface area contributed by atoms with Crippen LogP contribution in [0.2, 0.25) is 0 Å². The highest BCUT2D eigenvalue weighted by molar-refractivity contribution is 5.82. The van der Waals surface area contributed by atoms with E-state index >= 15 is 0 Å². The van der Waals surface area contributed by atoms with Crippen molar-refractivity contribution < 1.29 is 18.0 Å². The van der Waals surface area contributed by atoms with Gasteiger partial charge in [-0.25, -0.2) is 0 Å². The Bertz CT molecular complexity index is 392. The van der Waals surface area contributed by atoms with Crippen LogP contribution in [-0.4, -0.2) is 30.6 Å². The van der Waals surface area contributed by atoms with Gasteiger partial charge in [0.25, 0.3) is 0 Å². The monoisotopic (exact) mass is 260 g/mol. The highest BCUT2D eigenvalue weighted by Gasteiger charge is 2.29. The Kier molecular flexibility index (Phi) is 4.72. The molecule has 3 nitrogen and oxygen atoms in total. The van der Waals surface area contributed by atoms with E-state index < -0.39 is 24.5 Å². The summed E-state index contributed by atoms with van der Waals surface area (Å²) in [4.78, 5) is 12.8. The molecule has 0 saturated heterocycles. The summed E-state index contributed by atoms with van der Waals surface area (Å²) in [5, 5.41) is 0. The highest BCUT2D eigenvalue weighted by Crippen LogP contribution is 2.20. The third-order valence-corrected chi connectivity index (χ3v) is 2.53. The van der Waals surface area contributed by atoms with Crippen LogP contribution in [0.4, 0.5) is 13.2 Å². The van der Waals surface area contributed by atoms with Crippen LogP contribution in [-0.2, 0) is 4.79 Å². The van der Waals surface area contributed by atoms with Crippen molar-refractivity contribution in [2.24, 2.45) is 5.73 Å². The average Bonchev–Trinajstić information content (AvgIpc) is 2.34. The molecule has 0 spiro atoms. The lowest BCUT2D eigenvalue weighted by Crippen LogP contribution is -2.37. The van der Waals surface area contributed by atoms with Gasteiger partial charge in [0, 0.05) is 13.6 Å². The standard InChI is InChI=1S/C12H15F3N2O/c1-17(8-7-12(13,14)15)11(18)10(16)9-5-3-2-4-6-9/h2-6,10H,7-8,16H2,1H3/t10-/m1/s1. The van der Waals surface area contributed by atoms with Gasteiger partial charge in [-0.3, -0.25) is 4.79 Å². The molecule has 0 bridgehead atoms. The molecule has 1 aromatic rings. The van der Waals surface area contributed by atoms with Crippen LogP contribution in [0.5, 0.6) is 0 Å². The number of alkyl halides is 3. The summed E-state index contributed by atoms with van der Waals surface area (Å²) in [6.45, 7) is -0.386. The summed E-state index contributed by atoms with van der Waals surface area (Å²) >= 11 is 0. The first-order valence-electron chi connectivity index (χ1n) is 5.43. The summed E-state index contributed by atoms with van der Waals surface area (Å²) in [6.07, 6.45) is -5.30. The van der Waals surface area contributed by atoms with E-state index in [4.69, 9.17) is 5.73 Å². The molecule has 0 aliphatic heterocycles. The van der Waals surface area contributed by atoms with Gasteiger partial charge in [0.1, 0.15) is 6.04 Å². The number of likely N-dealkylation sites (N-methyl/N-ethyl adjacent to an activating group) is 1. The lowest BCUT2D eigenvalue weighted by molar-refractivity contribution is -0.144. The molecule has 1 aromatic carbocycles. The maximum Gasteiger partial charge on any atom is 0.390 e. The number of halogens is 3. The number of carbonyl (C=O) groups excluding carboxylic acids is 1. The normalized spacial score (nSPS) is 13.2. The van der Waals surface area contributed by atoms with Crippen LogP contribution in [0, 0.1) is 0 Å². The van der Waals surface area contributed by atoms with Crippen molar-refractivity contribution in [2.45, 2.75) is 18.6 Å². The summed E-state index contributed by atoms with van der Waals surface area (Å²) < 4.78 is 36.1. The molecule has 0 aromatic heterocycles. The van der Waals surface area contributed by atoms with Crippen LogP contribution in [0.1, 0.15) is 18.0 Å². The quantitative estimate of drug-likeness (QED) is 0.901. The zero-order chi connectivity index (χ0) is 13.8. The van der Waals surface area contributed by atoms with Gasteiger partial charge in [-0.2, -0.15) is 13.2 Å². The third-order valence-electron chi connectivity index (χ3n) is 2.53. The number of rotatable bonds is 4. The number of nitrogens with two attached hydrogens (primary N) is 1. The summed E-state index contributed by atoms with van der Waals surface area (Å²) in [5.74, 6) is -0.523. The van der Waals surface area contributed by atoms with Crippen molar-refractivity contribution in [3.8, 4) is 0 Å². The van der Waals surface area contributed by atoms with Crippen LogP contribution in [0.3, 0.4) is 0 Å². The maximum atomic E-state index is 12.0. The topological polar surface area (TPSA) is 46.3 Å². The molecule has 100 valence electrons. The molecule has 1 rings (SSSR count). The van der Waals surface area contributed by atoms with Gasteiger partial charge < -0.3 is 10.6 Å².